The predicted molar refractivity (Wildman–Crippen MR) is 61.6 cm³/mol. The molecule has 0 spiro atoms. The largest absolute Gasteiger partial charge is 0.481 e. The lowest BCUT2D eigenvalue weighted by molar-refractivity contribution is -0.136. The normalized spacial score (nSPS) is 14.6. The van der Waals surface area contributed by atoms with Crippen molar-refractivity contribution in [2.45, 2.75) is 25.0 Å². The molecule has 0 fully saturated rings. The zero-order valence-electron chi connectivity index (χ0n) is 9.42. The first-order valence-corrected chi connectivity index (χ1v) is 6.44. The van der Waals surface area contributed by atoms with Gasteiger partial charge in [-0.3, -0.25) is 9.00 Å². The summed E-state index contributed by atoms with van der Waals surface area (Å²) in [7, 11) is 0.768. The van der Waals surface area contributed by atoms with Crippen LogP contribution in [0.25, 0.3) is 0 Å². The molecule has 0 bridgehead atoms. The molecule has 0 amide bonds. The van der Waals surface area contributed by atoms with Gasteiger partial charge in [0, 0.05) is 47.7 Å². The van der Waals surface area contributed by atoms with Crippen molar-refractivity contribution >= 4 is 16.8 Å². The lowest BCUT2D eigenvalue weighted by Crippen LogP contribution is -2.19. The van der Waals surface area contributed by atoms with Gasteiger partial charge in [-0.15, -0.1) is 0 Å². The molecule has 0 aromatic carbocycles. The van der Waals surface area contributed by atoms with Gasteiger partial charge >= 0.3 is 5.97 Å². The van der Waals surface area contributed by atoms with Crippen molar-refractivity contribution in [2.75, 3.05) is 5.75 Å². The van der Waals surface area contributed by atoms with Crippen molar-refractivity contribution in [3.8, 4) is 0 Å². The minimum Gasteiger partial charge on any atom is -0.481 e. The summed E-state index contributed by atoms with van der Waals surface area (Å²) in [6, 6.07) is 0. The van der Waals surface area contributed by atoms with E-state index in [0.717, 1.165) is 5.82 Å². The Kier molecular flexibility index (Phi) is 4.67. The van der Waals surface area contributed by atoms with E-state index >= 15 is 0 Å². The molecule has 5 nitrogen and oxygen atoms in total. The molecule has 16 heavy (non-hydrogen) atoms. The fourth-order valence-corrected chi connectivity index (χ4v) is 2.48. The minimum atomic E-state index is -1.11. The summed E-state index contributed by atoms with van der Waals surface area (Å²) in [5.74, 6) is 0.424. The molecule has 1 N–H and O–H groups in total. The van der Waals surface area contributed by atoms with Gasteiger partial charge in [0.2, 0.25) is 0 Å². The van der Waals surface area contributed by atoms with E-state index in [1.165, 1.54) is 0 Å². The molecule has 0 saturated carbocycles. The summed E-state index contributed by atoms with van der Waals surface area (Å²) in [5.41, 5.74) is 0. The first kappa shape index (κ1) is 12.9. The molecule has 90 valence electrons. The van der Waals surface area contributed by atoms with Crippen LogP contribution in [0.5, 0.6) is 0 Å². The molecule has 1 aromatic heterocycles. The topological polar surface area (TPSA) is 72.2 Å². The van der Waals surface area contributed by atoms with Gasteiger partial charge in [-0.2, -0.15) is 0 Å². The van der Waals surface area contributed by atoms with Crippen LogP contribution in [0.2, 0.25) is 0 Å². The molecule has 0 aliphatic heterocycles. The van der Waals surface area contributed by atoms with Crippen LogP contribution < -0.4 is 0 Å². The fraction of sp³-hybridized carbons (Fsp3) is 0.600. The van der Waals surface area contributed by atoms with Gasteiger partial charge in [0.25, 0.3) is 0 Å². The number of carbonyl (C=O) groups is 1. The molecule has 2 atom stereocenters. The van der Waals surface area contributed by atoms with E-state index in [9.17, 15) is 9.00 Å². The molecular formula is C10H16N2O3S. The van der Waals surface area contributed by atoms with Crippen LogP contribution >= 0.6 is 0 Å². The van der Waals surface area contributed by atoms with Gasteiger partial charge in [0.05, 0.1) is 6.42 Å². The summed E-state index contributed by atoms with van der Waals surface area (Å²) in [4.78, 5) is 14.6. The lowest BCUT2D eigenvalue weighted by atomic mass is 10.3. The summed E-state index contributed by atoms with van der Waals surface area (Å²) in [6.45, 7) is 1.70. The highest BCUT2D eigenvalue weighted by molar-refractivity contribution is 7.85. The number of aromatic nitrogens is 2. The number of carboxylic acids is 1. The maximum absolute atomic E-state index is 11.7. The highest BCUT2D eigenvalue weighted by Crippen LogP contribution is 2.05. The van der Waals surface area contributed by atoms with Crippen LogP contribution in [0, 0.1) is 0 Å². The third-order valence-electron chi connectivity index (χ3n) is 2.36. The van der Waals surface area contributed by atoms with E-state index in [0.29, 0.717) is 12.2 Å². The second kappa shape index (κ2) is 5.79. The first-order chi connectivity index (χ1) is 7.50. The maximum Gasteiger partial charge on any atom is 0.304 e. The average molecular weight is 244 g/mol. The van der Waals surface area contributed by atoms with Gasteiger partial charge in [0.1, 0.15) is 5.82 Å². The zero-order chi connectivity index (χ0) is 12.1. The molecule has 0 aliphatic carbocycles. The Morgan fingerprint density at radius 2 is 2.38 bits per heavy atom. The Morgan fingerprint density at radius 1 is 1.69 bits per heavy atom. The maximum atomic E-state index is 11.7. The first-order valence-electron chi connectivity index (χ1n) is 5.06. The van der Waals surface area contributed by atoms with E-state index in [2.05, 4.69) is 4.98 Å². The number of carboxylic acid groups (broad SMARTS) is 1. The number of hydrogen-bond donors (Lipinski definition) is 1. The number of imidazole rings is 1. The molecule has 1 heterocycles. The summed E-state index contributed by atoms with van der Waals surface area (Å²) >= 11 is 0. The second-order valence-corrected chi connectivity index (χ2v) is 5.67. The van der Waals surface area contributed by atoms with Gasteiger partial charge < -0.3 is 9.67 Å². The lowest BCUT2D eigenvalue weighted by Gasteiger charge is -2.08. The van der Waals surface area contributed by atoms with Crippen molar-refractivity contribution < 1.29 is 14.1 Å². The summed E-state index contributed by atoms with van der Waals surface area (Å²) in [5, 5.41) is 8.27. The van der Waals surface area contributed by atoms with Crippen molar-refractivity contribution in [3.05, 3.63) is 18.2 Å². The monoisotopic (exact) mass is 244 g/mol. The highest BCUT2D eigenvalue weighted by Gasteiger charge is 2.15. The van der Waals surface area contributed by atoms with Crippen LogP contribution in [0.4, 0.5) is 0 Å². The molecule has 6 heteroatoms. The quantitative estimate of drug-likeness (QED) is 0.794. The van der Waals surface area contributed by atoms with Crippen LogP contribution in [0.3, 0.4) is 0 Å². The molecule has 0 radical (unpaired) electrons. The SMILES string of the molecule is CC(CC(=O)O)S(=O)CCc1nccn1C. The minimum absolute atomic E-state index is 0.0484. The predicted octanol–water partition coefficient (Wildman–Crippen LogP) is 0.574. The van der Waals surface area contributed by atoms with Crippen molar-refractivity contribution in [3.63, 3.8) is 0 Å². The standard InChI is InChI=1S/C10H16N2O3S/c1-8(7-10(13)14)16(15)6-3-9-11-4-5-12(9)2/h4-5,8H,3,6-7H2,1-2H3,(H,13,14). The number of nitrogens with zero attached hydrogens (tertiary/aromatic N) is 2. The number of aryl methyl sites for hydroxylation is 2. The van der Waals surface area contributed by atoms with E-state index in [1.807, 2.05) is 17.8 Å². The van der Waals surface area contributed by atoms with Gasteiger partial charge in [-0.05, 0) is 0 Å². The van der Waals surface area contributed by atoms with E-state index in [4.69, 9.17) is 5.11 Å². The smallest absolute Gasteiger partial charge is 0.304 e. The van der Waals surface area contributed by atoms with Crippen molar-refractivity contribution in [1.82, 2.24) is 9.55 Å². The third-order valence-corrected chi connectivity index (χ3v) is 4.03. The Bertz CT molecular complexity index is 389. The van der Waals surface area contributed by atoms with Crippen molar-refractivity contribution in [1.29, 1.82) is 0 Å². The Hall–Kier alpha value is -1.17. The Labute approximate surface area is 97.0 Å². The van der Waals surface area contributed by atoms with Crippen LogP contribution in [-0.2, 0) is 29.1 Å². The highest BCUT2D eigenvalue weighted by atomic mass is 32.2. The number of rotatable bonds is 6. The van der Waals surface area contributed by atoms with E-state index in [-0.39, 0.29) is 11.7 Å². The Morgan fingerprint density at radius 3 is 2.88 bits per heavy atom. The van der Waals surface area contributed by atoms with Crippen molar-refractivity contribution in [2.24, 2.45) is 7.05 Å². The number of aliphatic carboxylic acids is 1. The van der Waals surface area contributed by atoms with Crippen LogP contribution in [0.15, 0.2) is 12.4 Å². The third kappa shape index (κ3) is 3.77. The second-order valence-electron chi connectivity index (χ2n) is 3.70. The molecule has 0 aliphatic rings. The van der Waals surface area contributed by atoms with E-state index < -0.39 is 16.8 Å². The van der Waals surface area contributed by atoms with E-state index in [1.54, 1.807) is 13.1 Å². The Balaban J connectivity index is 2.41. The molecule has 1 aromatic rings. The van der Waals surface area contributed by atoms with Crippen LogP contribution in [0.1, 0.15) is 19.2 Å². The summed E-state index contributed by atoms with van der Waals surface area (Å²) < 4.78 is 13.6. The fourth-order valence-electron chi connectivity index (χ4n) is 1.37. The van der Waals surface area contributed by atoms with Gasteiger partial charge in [-0.25, -0.2) is 4.98 Å². The molecule has 1 rings (SSSR count). The van der Waals surface area contributed by atoms with Gasteiger partial charge in [-0.1, -0.05) is 6.92 Å². The average Bonchev–Trinajstić information content (AvgIpc) is 2.59. The van der Waals surface area contributed by atoms with Gasteiger partial charge in [0.15, 0.2) is 0 Å². The summed E-state index contributed by atoms with van der Waals surface area (Å²) in [6.07, 6.45) is 4.09. The molecular weight excluding hydrogens is 228 g/mol. The molecule has 0 saturated heterocycles. The molecule has 2 unspecified atom stereocenters. The van der Waals surface area contributed by atoms with Crippen LogP contribution in [-0.4, -0.2) is 35.8 Å². The zero-order valence-corrected chi connectivity index (χ0v) is 10.2. The number of hydrogen-bond acceptors (Lipinski definition) is 3.